The van der Waals surface area contributed by atoms with Crippen LogP contribution < -0.4 is 10.5 Å². The van der Waals surface area contributed by atoms with E-state index >= 15 is 0 Å². The topological polar surface area (TPSA) is 72.5 Å². The minimum atomic E-state index is -0.913. The molecule has 1 heterocycles. The van der Waals surface area contributed by atoms with Crippen LogP contribution in [0.2, 0.25) is 0 Å². The number of halogens is 1. The van der Waals surface area contributed by atoms with E-state index in [-0.39, 0.29) is 25.4 Å². The second kappa shape index (κ2) is 8.65. The van der Waals surface area contributed by atoms with Crippen LogP contribution in [0.25, 0.3) is 21.2 Å². The monoisotopic (exact) mass is 421 g/mol. The number of carbonyl (C=O) groups is 1. The van der Waals surface area contributed by atoms with Crippen molar-refractivity contribution in [3.63, 3.8) is 0 Å². The largest absolute Gasteiger partial charge is 0.489 e. The van der Waals surface area contributed by atoms with E-state index in [2.05, 4.69) is 0 Å². The van der Waals surface area contributed by atoms with Crippen molar-refractivity contribution in [1.29, 1.82) is 0 Å². The average molecular weight is 421 g/mol. The van der Waals surface area contributed by atoms with Gasteiger partial charge in [0.1, 0.15) is 18.2 Å². The van der Waals surface area contributed by atoms with E-state index in [9.17, 15) is 9.18 Å². The van der Waals surface area contributed by atoms with Crippen molar-refractivity contribution in [2.75, 3.05) is 0 Å². The fraction of sp³-hybridized carbons (Fsp3) is 0.125. The zero-order valence-corrected chi connectivity index (χ0v) is 16.9. The van der Waals surface area contributed by atoms with Crippen LogP contribution in [-0.4, -0.2) is 11.1 Å². The molecule has 6 heteroatoms. The Kier molecular flexibility index (Phi) is 5.79. The first-order valence-electron chi connectivity index (χ1n) is 9.47. The summed E-state index contributed by atoms with van der Waals surface area (Å²) in [7, 11) is 0. The number of hydrogen-bond donors (Lipinski definition) is 2. The van der Waals surface area contributed by atoms with E-state index in [1.165, 1.54) is 0 Å². The van der Waals surface area contributed by atoms with E-state index in [1.807, 2.05) is 35.7 Å². The molecule has 0 amide bonds. The van der Waals surface area contributed by atoms with Crippen LogP contribution in [0.4, 0.5) is 4.39 Å². The maximum Gasteiger partial charge on any atom is 0.307 e. The van der Waals surface area contributed by atoms with Gasteiger partial charge in [0.05, 0.1) is 6.42 Å². The molecular formula is C24H20FNO3S. The Morgan fingerprint density at radius 3 is 2.63 bits per heavy atom. The van der Waals surface area contributed by atoms with Gasteiger partial charge < -0.3 is 15.6 Å². The minimum absolute atomic E-state index is 0.109. The summed E-state index contributed by atoms with van der Waals surface area (Å²) >= 11 is 1.58. The van der Waals surface area contributed by atoms with Gasteiger partial charge in [-0.2, -0.15) is 0 Å². The second-order valence-corrected chi connectivity index (χ2v) is 7.87. The standard InChI is InChI=1S/C24H20FNO3S/c25-24-17(13-26)5-3-6-19(24)20-10-15(11-22-18(20)8-9-30-22)14-29-21-7-2-1-4-16(21)12-23(27)28/h1-11H,12-14,26H2,(H,27,28). The lowest BCUT2D eigenvalue weighted by Gasteiger charge is -2.13. The minimum Gasteiger partial charge on any atom is -0.489 e. The number of carboxylic acids is 1. The van der Waals surface area contributed by atoms with Crippen molar-refractivity contribution in [1.82, 2.24) is 0 Å². The number of para-hydroxylation sites is 1. The summed E-state index contributed by atoms with van der Waals surface area (Å²) in [4.78, 5) is 11.1. The number of benzene rings is 3. The molecule has 3 aromatic carbocycles. The van der Waals surface area contributed by atoms with Crippen LogP contribution in [0.5, 0.6) is 5.75 Å². The lowest BCUT2D eigenvalue weighted by Crippen LogP contribution is -2.04. The Hall–Kier alpha value is -3.22. The van der Waals surface area contributed by atoms with E-state index in [0.717, 1.165) is 21.2 Å². The number of fused-ring (bicyclic) bond motifs is 1. The third-order valence-electron chi connectivity index (χ3n) is 4.93. The third-order valence-corrected chi connectivity index (χ3v) is 5.79. The molecule has 0 unspecified atom stereocenters. The normalized spacial score (nSPS) is 11.0. The second-order valence-electron chi connectivity index (χ2n) is 6.93. The predicted octanol–water partition coefficient (Wildman–Crippen LogP) is 5.37. The smallest absolute Gasteiger partial charge is 0.307 e. The highest BCUT2D eigenvalue weighted by Gasteiger charge is 2.15. The molecule has 0 spiro atoms. The van der Waals surface area contributed by atoms with Gasteiger partial charge in [-0.25, -0.2) is 4.39 Å². The first kappa shape index (κ1) is 20.1. The summed E-state index contributed by atoms with van der Waals surface area (Å²) in [6.07, 6.45) is -0.109. The molecule has 0 saturated heterocycles. The zero-order chi connectivity index (χ0) is 21.1. The van der Waals surface area contributed by atoms with E-state index in [1.54, 1.807) is 41.7 Å². The van der Waals surface area contributed by atoms with Gasteiger partial charge in [-0.1, -0.05) is 36.4 Å². The molecule has 1 aromatic heterocycles. The fourth-order valence-corrected chi connectivity index (χ4v) is 4.37. The summed E-state index contributed by atoms with van der Waals surface area (Å²) < 4.78 is 22.0. The average Bonchev–Trinajstić information content (AvgIpc) is 3.21. The first-order chi connectivity index (χ1) is 14.6. The highest BCUT2D eigenvalue weighted by Crippen LogP contribution is 2.35. The summed E-state index contributed by atoms with van der Waals surface area (Å²) in [5, 5.41) is 12.1. The quantitative estimate of drug-likeness (QED) is 0.421. The van der Waals surface area contributed by atoms with E-state index in [4.69, 9.17) is 15.6 Å². The Bertz CT molecular complexity index is 1220. The molecule has 0 bridgehead atoms. The van der Waals surface area contributed by atoms with E-state index in [0.29, 0.717) is 22.4 Å². The van der Waals surface area contributed by atoms with Crippen LogP contribution in [-0.2, 0) is 24.4 Å². The van der Waals surface area contributed by atoms with Crippen LogP contribution >= 0.6 is 11.3 Å². The van der Waals surface area contributed by atoms with Gasteiger partial charge in [0, 0.05) is 33.3 Å². The number of hydrogen-bond acceptors (Lipinski definition) is 4. The van der Waals surface area contributed by atoms with Crippen LogP contribution in [0.1, 0.15) is 16.7 Å². The van der Waals surface area contributed by atoms with Crippen molar-refractivity contribution < 1.29 is 19.0 Å². The number of aliphatic carboxylic acids is 1. The highest BCUT2D eigenvalue weighted by molar-refractivity contribution is 7.17. The van der Waals surface area contributed by atoms with Gasteiger partial charge in [0.2, 0.25) is 0 Å². The molecule has 30 heavy (non-hydrogen) atoms. The van der Waals surface area contributed by atoms with Crippen LogP contribution in [0.3, 0.4) is 0 Å². The number of thiophene rings is 1. The number of rotatable bonds is 7. The molecule has 4 rings (SSSR count). The number of carboxylic acid groups (broad SMARTS) is 1. The molecule has 3 N–H and O–H groups in total. The van der Waals surface area contributed by atoms with Gasteiger partial charge in [-0.15, -0.1) is 11.3 Å². The Morgan fingerprint density at radius 2 is 1.83 bits per heavy atom. The van der Waals surface area contributed by atoms with Crippen molar-refractivity contribution in [3.05, 3.63) is 88.6 Å². The van der Waals surface area contributed by atoms with E-state index < -0.39 is 5.97 Å². The molecule has 0 aliphatic carbocycles. The number of ether oxygens (including phenoxy) is 1. The molecular weight excluding hydrogens is 401 g/mol. The summed E-state index contributed by atoms with van der Waals surface area (Å²) in [6, 6.07) is 18.3. The SMILES string of the molecule is NCc1cccc(-c2cc(COc3ccccc3CC(=O)O)cc3sccc23)c1F. The fourth-order valence-electron chi connectivity index (χ4n) is 3.49. The van der Waals surface area contributed by atoms with Crippen molar-refractivity contribution in [2.45, 2.75) is 19.6 Å². The van der Waals surface area contributed by atoms with Crippen LogP contribution in [0, 0.1) is 5.82 Å². The molecule has 0 aliphatic heterocycles. The molecule has 0 atom stereocenters. The van der Waals surface area contributed by atoms with Crippen molar-refractivity contribution in [3.8, 4) is 16.9 Å². The molecule has 0 fully saturated rings. The van der Waals surface area contributed by atoms with Crippen molar-refractivity contribution >= 4 is 27.4 Å². The van der Waals surface area contributed by atoms with Crippen LogP contribution in [0.15, 0.2) is 66.0 Å². The predicted molar refractivity (Wildman–Crippen MR) is 117 cm³/mol. The molecule has 4 nitrogen and oxygen atoms in total. The maximum atomic E-state index is 15.0. The van der Waals surface area contributed by atoms with Gasteiger partial charge in [0.15, 0.2) is 0 Å². The summed E-state index contributed by atoms with van der Waals surface area (Å²) in [6.45, 7) is 0.380. The Morgan fingerprint density at radius 1 is 1.03 bits per heavy atom. The van der Waals surface area contributed by atoms with Gasteiger partial charge >= 0.3 is 5.97 Å². The molecule has 152 valence electrons. The Labute approximate surface area is 177 Å². The maximum absolute atomic E-state index is 15.0. The van der Waals surface area contributed by atoms with Gasteiger partial charge in [0.25, 0.3) is 0 Å². The molecule has 4 aromatic rings. The lowest BCUT2D eigenvalue weighted by molar-refractivity contribution is -0.136. The van der Waals surface area contributed by atoms with Gasteiger partial charge in [-0.3, -0.25) is 4.79 Å². The van der Waals surface area contributed by atoms with Crippen molar-refractivity contribution in [2.24, 2.45) is 5.73 Å². The van der Waals surface area contributed by atoms with Gasteiger partial charge in [-0.05, 0) is 40.8 Å². The molecule has 0 aliphatic rings. The Balaban J connectivity index is 1.70. The zero-order valence-electron chi connectivity index (χ0n) is 16.1. The highest BCUT2D eigenvalue weighted by atomic mass is 32.1. The first-order valence-corrected chi connectivity index (χ1v) is 10.3. The molecule has 0 saturated carbocycles. The summed E-state index contributed by atoms with van der Waals surface area (Å²) in [5.41, 5.74) is 8.95. The third kappa shape index (κ3) is 4.06. The number of nitrogens with two attached hydrogens (primary N) is 1. The lowest BCUT2D eigenvalue weighted by atomic mass is 9.97. The molecule has 0 radical (unpaired) electrons. The summed E-state index contributed by atoms with van der Waals surface area (Å²) in [5.74, 6) is -0.690.